The van der Waals surface area contributed by atoms with Crippen molar-refractivity contribution in [3.05, 3.63) is 35.3 Å². The van der Waals surface area contributed by atoms with Crippen molar-refractivity contribution in [2.45, 2.75) is 24.2 Å². The molecule has 0 fully saturated rings. The summed E-state index contributed by atoms with van der Waals surface area (Å²) in [7, 11) is 0. The van der Waals surface area contributed by atoms with Gasteiger partial charge in [-0.25, -0.2) is 4.39 Å². The minimum Gasteiger partial charge on any atom is -0.351 e. The Hall–Kier alpha value is -1.71. The van der Waals surface area contributed by atoms with Gasteiger partial charge in [-0.05, 0) is 24.6 Å². The molecule has 10 heteroatoms. The Labute approximate surface area is 129 Å². The largest absolute Gasteiger partial charge is 0.452 e. The van der Waals surface area contributed by atoms with E-state index in [-0.39, 0.29) is 16.0 Å². The summed E-state index contributed by atoms with van der Waals surface area (Å²) >= 11 is 0.412. The van der Waals surface area contributed by atoms with Crippen molar-refractivity contribution in [3.8, 4) is 11.3 Å². The lowest BCUT2D eigenvalue weighted by atomic mass is 10.1. The van der Waals surface area contributed by atoms with Crippen LogP contribution in [0.15, 0.2) is 27.6 Å². The van der Waals surface area contributed by atoms with Gasteiger partial charge in [-0.2, -0.15) is 26.3 Å². The van der Waals surface area contributed by atoms with Gasteiger partial charge in [0.05, 0.1) is 5.75 Å². The number of rotatable bonds is 3. The predicted octanol–water partition coefficient (Wildman–Crippen LogP) is 5.46. The van der Waals surface area contributed by atoms with Gasteiger partial charge in [-0.3, -0.25) is 0 Å². The van der Waals surface area contributed by atoms with Gasteiger partial charge in [0.15, 0.2) is 0 Å². The maximum Gasteiger partial charge on any atom is 0.452 e. The molecule has 0 unspecified atom stereocenters. The fourth-order valence-corrected chi connectivity index (χ4v) is 2.51. The summed E-state index contributed by atoms with van der Waals surface area (Å²) in [6, 6.07) is 2.46. The van der Waals surface area contributed by atoms with Crippen LogP contribution < -0.4 is 0 Å². The summed E-state index contributed by atoms with van der Waals surface area (Å²) in [5.41, 5.74) is -0.566. The first-order valence-corrected chi connectivity index (χ1v) is 7.00. The fourth-order valence-electron chi connectivity index (χ4n) is 1.70. The van der Waals surface area contributed by atoms with Crippen LogP contribution in [0.1, 0.15) is 11.3 Å². The second kappa shape index (κ2) is 6.06. The summed E-state index contributed by atoms with van der Waals surface area (Å²) in [5.74, 6) is -3.52. The van der Waals surface area contributed by atoms with E-state index in [4.69, 9.17) is 0 Å². The first-order chi connectivity index (χ1) is 10.5. The molecule has 0 bridgehead atoms. The van der Waals surface area contributed by atoms with Crippen molar-refractivity contribution in [1.82, 2.24) is 5.16 Å². The highest BCUT2D eigenvalue weighted by atomic mass is 32.2. The van der Waals surface area contributed by atoms with Crippen molar-refractivity contribution in [2.75, 3.05) is 5.75 Å². The van der Waals surface area contributed by atoms with Gasteiger partial charge in [-0.1, -0.05) is 5.16 Å². The number of nitrogens with zero attached hydrogens (tertiary/aromatic N) is 1. The quantitative estimate of drug-likeness (QED) is 0.537. The highest BCUT2D eigenvalue weighted by Crippen LogP contribution is 2.36. The van der Waals surface area contributed by atoms with Gasteiger partial charge in [0.25, 0.3) is 0 Å². The Bertz CT molecular complexity index is 705. The molecule has 0 aliphatic heterocycles. The molecule has 1 aromatic heterocycles. The molecule has 0 atom stereocenters. The third-order valence-electron chi connectivity index (χ3n) is 2.72. The predicted molar refractivity (Wildman–Crippen MR) is 68.4 cm³/mol. The van der Waals surface area contributed by atoms with Crippen LogP contribution >= 0.6 is 11.8 Å². The first-order valence-electron chi connectivity index (χ1n) is 6.01. The third kappa shape index (κ3) is 4.40. The third-order valence-corrected chi connectivity index (χ3v) is 3.94. The molecule has 0 saturated carbocycles. The molecule has 126 valence electrons. The molecule has 0 N–H and O–H groups in total. The minimum absolute atomic E-state index is 0.0929. The standard InChI is InChI=1S/C13H8F7NOS/c1-6-2-8(14)7(3-10(6)23-5-12(15,16)17)9-4-11(22-21-9)13(18,19)20/h2-4H,5H2,1H3. The molecule has 2 nitrogen and oxygen atoms in total. The van der Waals surface area contributed by atoms with Crippen LogP contribution in [0.25, 0.3) is 11.3 Å². The minimum atomic E-state index is -4.79. The average Bonchev–Trinajstić information content (AvgIpc) is 2.85. The van der Waals surface area contributed by atoms with Gasteiger partial charge in [-0.15, -0.1) is 11.8 Å². The Morgan fingerprint density at radius 3 is 2.26 bits per heavy atom. The summed E-state index contributed by atoms with van der Waals surface area (Å²) in [4.78, 5) is 0.0929. The molecule has 2 aromatic rings. The van der Waals surface area contributed by atoms with Crippen LogP contribution in [0, 0.1) is 12.7 Å². The number of thioether (sulfide) groups is 1. The number of alkyl halides is 6. The SMILES string of the molecule is Cc1cc(F)c(-c2cc(C(F)(F)F)on2)cc1SCC(F)(F)F. The Morgan fingerprint density at radius 2 is 1.74 bits per heavy atom. The number of halogens is 7. The number of aryl methyl sites for hydroxylation is 1. The van der Waals surface area contributed by atoms with Gasteiger partial charge >= 0.3 is 12.4 Å². The monoisotopic (exact) mass is 359 g/mol. The van der Waals surface area contributed by atoms with Gasteiger partial charge in [0.2, 0.25) is 5.76 Å². The van der Waals surface area contributed by atoms with E-state index in [0.29, 0.717) is 17.8 Å². The number of aromatic nitrogens is 1. The fraction of sp³-hybridized carbons (Fsp3) is 0.308. The maximum atomic E-state index is 13.9. The van der Waals surface area contributed by atoms with Crippen molar-refractivity contribution in [1.29, 1.82) is 0 Å². The molecule has 0 spiro atoms. The maximum absolute atomic E-state index is 13.9. The van der Waals surface area contributed by atoms with E-state index in [2.05, 4.69) is 9.68 Å². The van der Waals surface area contributed by atoms with E-state index in [1.54, 1.807) is 0 Å². The summed E-state index contributed by atoms with van der Waals surface area (Å²) in [6.07, 6.45) is -9.22. The lowest BCUT2D eigenvalue weighted by Gasteiger charge is -2.10. The highest BCUT2D eigenvalue weighted by molar-refractivity contribution is 7.99. The van der Waals surface area contributed by atoms with Crippen LogP contribution in [0.5, 0.6) is 0 Å². The molecular formula is C13H8F7NOS. The lowest BCUT2D eigenvalue weighted by molar-refractivity contribution is -0.155. The summed E-state index contributed by atoms with van der Waals surface area (Å²) in [5, 5.41) is 3.13. The van der Waals surface area contributed by atoms with E-state index in [0.717, 1.165) is 12.1 Å². The van der Waals surface area contributed by atoms with Crippen molar-refractivity contribution in [2.24, 2.45) is 0 Å². The molecule has 0 saturated heterocycles. The molecule has 1 heterocycles. The van der Waals surface area contributed by atoms with E-state index >= 15 is 0 Å². The van der Waals surface area contributed by atoms with Crippen LogP contribution in [-0.2, 0) is 6.18 Å². The zero-order valence-corrected chi connectivity index (χ0v) is 12.2. The normalized spacial score (nSPS) is 12.7. The molecule has 2 rings (SSSR count). The molecule has 23 heavy (non-hydrogen) atoms. The zero-order valence-electron chi connectivity index (χ0n) is 11.3. The summed E-state index contributed by atoms with van der Waals surface area (Å²) < 4.78 is 92.2. The molecule has 0 radical (unpaired) electrons. The Balaban J connectivity index is 2.37. The average molecular weight is 359 g/mol. The Kier molecular flexibility index (Phi) is 4.65. The number of benzene rings is 1. The number of hydrogen-bond donors (Lipinski definition) is 0. The van der Waals surface area contributed by atoms with E-state index in [1.165, 1.54) is 6.92 Å². The number of hydrogen-bond acceptors (Lipinski definition) is 3. The smallest absolute Gasteiger partial charge is 0.351 e. The van der Waals surface area contributed by atoms with Crippen molar-refractivity contribution in [3.63, 3.8) is 0 Å². The molecule has 0 amide bonds. The van der Waals surface area contributed by atoms with E-state index < -0.39 is 35.4 Å². The van der Waals surface area contributed by atoms with Crippen LogP contribution in [0.3, 0.4) is 0 Å². The van der Waals surface area contributed by atoms with E-state index in [1.807, 2.05) is 0 Å². The van der Waals surface area contributed by atoms with Gasteiger partial charge in [0, 0.05) is 16.5 Å². The van der Waals surface area contributed by atoms with Crippen molar-refractivity contribution < 1.29 is 35.3 Å². The molecule has 1 aromatic carbocycles. The second-order valence-electron chi connectivity index (χ2n) is 4.58. The Morgan fingerprint density at radius 1 is 1.09 bits per heavy atom. The summed E-state index contributed by atoms with van der Waals surface area (Å²) in [6.45, 7) is 1.40. The second-order valence-corrected chi connectivity index (χ2v) is 5.59. The molecular weight excluding hydrogens is 351 g/mol. The highest BCUT2D eigenvalue weighted by Gasteiger charge is 2.36. The topological polar surface area (TPSA) is 26.0 Å². The molecule has 0 aliphatic rings. The van der Waals surface area contributed by atoms with Crippen LogP contribution in [0.2, 0.25) is 0 Å². The first kappa shape index (κ1) is 17.6. The van der Waals surface area contributed by atoms with Crippen molar-refractivity contribution >= 4 is 11.8 Å². The van der Waals surface area contributed by atoms with E-state index in [9.17, 15) is 30.7 Å². The zero-order chi connectivity index (χ0) is 17.4. The lowest BCUT2D eigenvalue weighted by Crippen LogP contribution is -2.10. The van der Waals surface area contributed by atoms with Gasteiger partial charge in [0.1, 0.15) is 11.5 Å². The van der Waals surface area contributed by atoms with Gasteiger partial charge < -0.3 is 4.52 Å². The molecule has 0 aliphatic carbocycles. The van der Waals surface area contributed by atoms with Crippen LogP contribution in [0.4, 0.5) is 30.7 Å². The van der Waals surface area contributed by atoms with Crippen LogP contribution in [-0.4, -0.2) is 17.1 Å².